The van der Waals surface area contributed by atoms with Crippen LogP contribution in [0, 0.1) is 0 Å². The van der Waals surface area contributed by atoms with Gasteiger partial charge in [-0.1, -0.05) is 0 Å². The molecule has 21 heavy (non-hydrogen) atoms. The van der Waals surface area contributed by atoms with E-state index in [1.165, 1.54) is 0 Å². The van der Waals surface area contributed by atoms with Crippen LogP contribution in [0.5, 0.6) is 0 Å². The fraction of sp³-hybridized carbons (Fsp3) is 0.400. The average Bonchev–Trinajstić information content (AvgIpc) is 2.92. The van der Waals surface area contributed by atoms with Crippen molar-refractivity contribution in [1.29, 1.82) is 0 Å². The maximum Gasteiger partial charge on any atom is 0.272 e. The largest absolute Gasteiger partial charge is 0.379 e. The first kappa shape index (κ1) is 15.0. The van der Waals surface area contributed by atoms with Crippen LogP contribution in [0.1, 0.15) is 30.0 Å². The van der Waals surface area contributed by atoms with Crippen LogP contribution in [0.25, 0.3) is 0 Å². The summed E-state index contributed by atoms with van der Waals surface area (Å²) in [5, 5.41) is 7.56. The van der Waals surface area contributed by atoms with Gasteiger partial charge in [-0.05, 0) is 32.0 Å². The highest BCUT2D eigenvalue weighted by molar-refractivity contribution is 5.93. The lowest BCUT2D eigenvalue weighted by molar-refractivity contribution is 0.0767. The van der Waals surface area contributed by atoms with Gasteiger partial charge >= 0.3 is 0 Å². The number of hydrogen-bond acceptors (Lipinski definition) is 4. The van der Waals surface area contributed by atoms with Gasteiger partial charge in [0, 0.05) is 38.2 Å². The first-order valence-corrected chi connectivity index (χ1v) is 7.11. The number of aromatic nitrogens is 3. The predicted octanol–water partition coefficient (Wildman–Crippen LogP) is 1.91. The van der Waals surface area contributed by atoms with Gasteiger partial charge in [0.15, 0.2) is 0 Å². The molecule has 2 heterocycles. The molecule has 2 rings (SSSR count). The van der Waals surface area contributed by atoms with Crippen LogP contribution < -0.4 is 5.32 Å². The number of nitrogens with one attached hydrogen (secondary N) is 1. The quantitative estimate of drug-likeness (QED) is 0.881. The average molecular weight is 287 g/mol. The Morgan fingerprint density at radius 2 is 2.10 bits per heavy atom. The number of carbonyl (C=O) groups excluding carboxylic acids is 1. The molecule has 1 N–H and O–H groups in total. The molecule has 0 spiro atoms. The zero-order valence-corrected chi connectivity index (χ0v) is 12.7. The number of aryl methyl sites for hydroxylation is 1. The van der Waals surface area contributed by atoms with Gasteiger partial charge in [-0.15, -0.1) is 0 Å². The van der Waals surface area contributed by atoms with Crippen molar-refractivity contribution in [1.82, 2.24) is 19.7 Å². The zero-order chi connectivity index (χ0) is 15.2. The summed E-state index contributed by atoms with van der Waals surface area (Å²) in [5.74, 6) is -0.0403. The molecule has 2 aromatic rings. The molecule has 6 heteroatoms. The minimum atomic E-state index is -0.0403. The molecule has 0 saturated carbocycles. The van der Waals surface area contributed by atoms with Crippen LogP contribution in [-0.2, 0) is 13.6 Å². The number of nitrogens with zero attached hydrogens (tertiary/aromatic N) is 4. The first-order chi connectivity index (χ1) is 10.1. The monoisotopic (exact) mass is 287 g/mol. The van der Waals surface area contributed by atoms with Crippen LogP contribution in [0.4, 0.5) is 5.69 Å². The molecule has 0 atom stereocenters. The first-order valence-electron chi connectivity index (χ1n) is 7.11. The Kier molecular flexibility index (Phi) is 4.92. The van der Waals surface area contributed by atoms with Crippen LogP contribution in [-0.4, -0.2) is 38.7 Å². The highest BCUT2D eigenvalue weighted by Gasteiger charge is 2.14. The van der Waals surface area contributed by atoms with E-state index in [9.17, 15) is 4.79 Å². The van der Waals surface area contributed by atoms with Crippen LogP contribution in [0.15, 0.2) is 30.6 Å². The van der Waals surface area contributed by atoms with E-state index < -0.39 is 0 Å². The van der Waals surface area contributed by atoms with Crippen molar-refractivity contribution in [2.24, 2.45) is 7.05 Å². The van der Waals surface area contributed by atoms with Gasteiger partial charge in [0.1, 0.15) is 5.69 Å². The van der Waals surface area contributed by atoms with Gasteiger partial charge < -0.3 is 10.2 Å². The van der Waals surface area contributed by atoms with Gasteiger partial charge in [-0.2, -0.15) is 5.10 Å². The van der Waals surface area contributed by atoms with Gasteiger partial charge in [0.25, 0.3) is 5.91 Å². The van der Waals surface area contributed by atoms with Gasteiger partial charge in [-0.25, -0.2) is 0 Å². The van der Waals surface area contributed by atoms with E-state index in [4.69, 9.17) is 0 Å². The third-order valence-electron chi connectivity index (χ3n) is 3.27. The van der Waals surface area contributed by atoms with E-state index in [1.807, 2.05) is 39.2 Å². The lowest BCUT2D eigenvalue weighted by atomic mass is 10.2. The number of carbonyl (C=O) groups is 1. The van der Waals surface area contributed by atoms with E-state index in [0.29, 0.717) is 25.3 Å². The third kappa shape index (κ3) is 3.81. The lowest BCUT2D eigenvalue weighted by Crippen LogP contribution is -2.31. The second-order valence-corrected chi connectivity index (χ2v) is 4.74. The highest BCUT2D eigenvalue weighted by atomic mass is 16.2. The zero-order valence-electron chi connectivity index (χ0n) is 12.7. The summed E-state index contributed by atoms with van der Waals surface area (Å²) in [4.78, 5) is 18.2. The molecule has 1 amide bonds. The summed E-state index contributed by atoms with van der Waals surface area (Å²) < 4.78 is 1.76. The Labute approximate surface area is 124 Å². The van der Waals surface area contributed by atoms with E-state index in [-0.39, 0.29) is 5.91 Å². The minimum absolute atomic E-state index is 0.0403. The molecule has 0 aliphatic heterocycles. The Bertz CT molecular complexity index is 604. The number of pyridine rings is 1. The summed E-state index contributed by atoms with van der Waals surface area (Å²) in [6, 6.07) is 5.59. The molecule has 2 aromatic heterocycles. The van der Waals surface area contributed by atoms with Crippen molar-refractivity contribution in [2.45, 2.75) is 20.4 Å². The smallest absolute Gasteiger partial charge is 0.272 e. The fourth-order valence-electron chi connectivity index (χ4n) is 2.08. The summed E-state index contributed by atoms with van der Waals surface area (Å²) in [5.41, 5.74) is 2.28. The predicted molar refractivity (Wildman–Crippen MR) is 82.0 cm³/mol. The maximum absolute atomic E-state index is 12.3. The van der Waals surface area contributed by atoms with E-state index in [2.05, 4.69) is 15.4 Å². The molecule has 0 fully saturated rings. The second-order valence-electron chi connectivity index (χ2n) is 4.74. The number of hydrogen-bond donors (Lipinski definition) is 1. The standard InChI is InChI=1S/C15H21N5O/c1-4-20(5-2)15(21)14-10-12(6-8-16-14)17-11-13-7-9-19(3)18-13/h6-10H,4-5,11H2,1-3H3,(H,16,17). The van der Waals surface area contributed by atoms with E-state index in [1.54, 1.807) is 21.8 Å². The third-order valence-corrected chi connectivity index (χ3v) is 3.27. The van der Waals surface area contributed by atoms with Crippen LogP contribution in [0.2, 0.25) is 0 Å². The summed E-state index contributed by atoms with van der Waals surface area (Å²) in [7, 11) is 1.89. The minimum Gasteiger partial charge on any atom is -0.379 e. The van der Waals surface area contributed by atoms with Gasteiger partial charge in [-0.3, -0.25) is 14.5 Å². The normalized spacial score (nSPS) is 10.4. The molecule has 0 aromatic carbocycles. The molecule has 6 nitrogen and oxygen atoms in total. The molecule has 0 aliphatic rings. The lowest BCUT2D eigenvalue weighted by Gasteiger charge is -2.18. The molecule has 0 aliphatic carbocycles. The Morgan fingerprint density at radius 3 is 2.71 bits per heavy atom. The molecule has 112 valence electrons. The Morgan fingerprint density at radius 1 is 1.33 bits per heavy atom. The Hall–Kier alpha value is -2.37. The topological polar surface area (TPSA) is 63.1 Å². The summed E-state index contributed by atoms with van der Waals surface area (Å²) in [6.45, 7) is 5.91. The summed E-state index contributed by atoms with van der Waals surface area (Å²) >= 11 is 0. The van der Waals surface area contributed by atoms with Crippen LogP contribution in [0.3, 0.4) is 0 Å². The van der Waals surface area contributed by atoms with Gasteiger partial charge in [0.2, 0.25) is 0 Å². The molecule has 0 bridgehead atoms. The Balaban J connectivity index is 2.05. The van der Waals surface area contributed by atoms with E-state index in [0.717, 1.165) is 11.4 Å². The molecular weight excluding hydrogens is 266 g/mol. The number of amides is 1. The molecule has 0 radical (unpaired) electrons. The highest BCUT2D eigenvalue weighted by Crippen LogP contribution is 2.11. The van der Waals surface area contributed by atoms with Crippen molar-refractivity contribution in [2.75, 3.05) is 18.4 Å². The van der Waals surface area contributed by atoms with Crippen molar-refractivity contribution >= 4 is 11.6 Å². The molecule has 0 saturated heterocycles. The molecule has 0 unspecified atom stereocenters. The van der Waals surface area contributed by atoms with Crippen LogP contribution >= 0.6 is 0 Å². The fourth-order valence-corrected chi connectivity index (χ4v) is 2.08. The number of rotatable bonds is 6. The SMILES string of the molecule is CCN(CC)C(=O)c1cc(NCc2ccn(C)n2)ccn1. The van der Waals surface area contributed by atoms with Crippen molar-refractivity contribution in [3.8, 4) is 0 Å². The summed E-state index contributed by atoms with van der Waals surface area (Å²) in [6.07, 6.45) is 3.55. The van der Waals surface area contributed by atoms with Crippen molar-refractivity contribution < 1.29 is 4.79 Å². The van der Waals surface area contributed by atoms with Crippen molar-refractivity contribution in [3.63, 3.8) is 0 Å². The maximum atomic E-state index is 12.3. The van der Waals surface area contributed by atoms with Gasteiger partial charge in [0.05, 0.1) is 12.2 Å². The second kappa shape index (κ2) is 6.88. The van der Waals surface area contributed by atoms with Crippen molar-refractivity contribution in [3.05, 3.63) is 42.0 Å². The van der Waals surface area contributed by atoms with E-state index >= 15 is 0 Å². The molecular formula is C15H21N5O. The number of anilines is 1.